The van der Waals surface area contributed by atoms with Gasteiger partial charge in [0.25, 0.3) is 0 Å². The van der Waals surface area contributed by atoms with E-state index in [0.29, 0.717) is 22.4 Å². The summed E-state index contributed by atoms with van der Waals surface area (Å²) in [7, 11) is 0. The van der Waals surface area contributed by atoms with Gasteiger partial charge in [0.2, 0.25) is 5.91 Å². The normalized spacial score (nSPS) is 17.5. The maximum absolute atomic E-state index is 12.1. The first kappa shape index (κ1) is 16.6. The summed E-state index contributed by atoms with van der Waals surface area (Å²) in [6.07, 6.45) is 3.88. The molecule has 21 heavy (non-hydrogen) atoms. The predicted octanol–water partition coefficient (Wildman–Crippen LogP) is 3.95. The highest BCUT2D eigenvalue weighted by molar-refractivity contribution is 6.42. The van der Waals surface area contributed by atoms with Gasteiger partial charge in [-0.15, -0.1) is 0 Å². The van der Waals surface area contributed by atoms with E-state index in [-0.39, 0.29) is 11.9 Å². The van der Waals surface area contributed by atoms with Crippen molar-refractivity contribution < 1.29 is 4.79 Å². The van der Waals surface area contributed by atoms with Crippen LogP contribution in [0.15, 0.2) is 18.2 Å². The van der Waals surface area contributed by atoms with Crippen molar-refractivity contribution in [2.45, 2.75) is 38.6 Å². The van der Waals surface area contributed by atoms with Crippen LogP contribution in [-0.2, 0) is 4.79 Å². The van der Waals surface area contributed by atoms with E-state index in [2.05, 4.69) is 10.6 Å². The van der Waals surface area contributed by atoms with Crippen molar-refractivity contribution in [3.8, 4) is 0 Å². The first-order valence-corrected chi connectivity index (χ1v) is 8.27. The second-order valence-electron chi connectivity index (χ2n) is 5.66. The van der Waals surface area contributed by atoms with E-state index in [1.165, 1.54) is 12.8 Å². The van der Waals surface area contributed by atoms with Crippen LogP contribution in [0.25, 0.3) is 0 Å². The zero-order chi connectivity index (χ0) is 15.2. The van der Waals surface area contributed by atoms with E-state index in [1.54, 1.807) is 6.07 Å². The quantitative estimate of drug-likeness (QED) is 0.859. The fourth-order valence-electron chi connectivity index (χ4n) is 2.75. The lowest BCUT2D eigenvalue weighted by molar-refractivity contribution is -0.122. The van der Waals surface area contributed by atoms with Gasteiger partial charge in [0.1, 0.15) is 0 Å². The van der Waals surface area contributed by atoms with Gasteiger partial charge in [-0.2, -0.15) is 0 Å². The van der Waals surface area contributed by atoms with Crippen LogP contribution in [0, 0.1) is 5.92 Å². The van der Waals surface area contributed by atoms with Gasteiger partial charge in [0.15, 0.2) is 0 Å². The lowest BCUT2D eigenvalue weighted by Gasteiger charge is -2.22. The number of nitrogens with one attached hydrogen (secondary N) is 2. The lowest BCUT2D eigenvalue weighted by Crippen LogP contribution is -2.30. The van der Waals surface area contributed by atoms with Crippen LogP contribution in [-0.4, -0.2) is 19.0 Å². The minimum absolute atomic E-state index is 0.0806. The number of benzene rings is 1. The number of hydrogen-bond acceptors (Lipinski definition) is 2. The molecule has 0 aromatic heterocycles. The Morgan fingerprint density at radius 1 is 1.38 bits per heavy atom. The summed E-state index contributed by atoms with van der Waals surface area (Å²) < 4.78 is 0. The molecular weight excluding hydrogens is 307 g/mol. The van der Waals surface area contributed by atoms with Crippen molar-refractivity contribution >= 4 is 29.1 Å². The summed E-state index contributed by atoms with van der Waals surface area (Å²) in [5.74, 6) is 0.749. The molecule has 0 radical (unpaired) electrons. The summed E-state index contributed by atoms with van der Waals surface area (Å²) in [6.45, 7) is 4.07. The molecule has 0 spiro atoms. The van der Waals surface area contributed by atoms with E-state index < -0.39 is 0 Å². The fraction of sp³-hybridized carbons (Fsp3) is 0.562. The van der Waals surface area contributed by atoms with Gasteiger partial charge in [-0.1, -0.05) is 35.3 Å². The van der Waals surface area contributed by atoms with E-state index >= 15 is 0 Å². The Kier molecular flexibility index (Phi) is 6.34. The molecule has 1 heterocycles. The molecule has 116 valence electrons. The number of carbonyl (C=O) groups is 1. The smallest absolute Gasteiger partial charge is 0.220 e. The summed E-state index contributed by atoms with van der Waals surface area (Å²) in [6, 6.07) is 5.36. The Morgan fingerprint density at radius 2 is 2.10 bits per heavy atom. The van der Waals surface area contributed by atoms with Gasteiger partial charge in [-0.3, -0.25) is 4.79 Å². The minimum Gasteiger partial charge on any atom is -0.350 e. The summed E-state index contributed by atoms with van der Waals surface area (Å²) in [4.78, 5) is 12.1. The standard InChI is InChI=1S/C16H22Cl2N2O/c1-11(13-3-2-4-14(17)16(13)18)20-15(21)6-5-12-7-9-19-10-8-12/h2-4,11-12,19H,5-10H2,1H3,(H,20,21). The van der Waals surface area contributed by atoms with Crippen LogP contribution < -0.4 is 10.6 Å². The average Bonchev–Trinajstić information content (AvgIpc) is 2.49. The molecule has 1 aliphatic rings. The largest absolute Gasteiger partial charge is 0.350 e. The molecule has 1 amide bonds. The number of amides is 1. The van der Waals surface area contributed by atoms with E-state index in [4.69, 9.17) is 23.2 Å². The minimum atomic E-state index is -0.128. The number of halogens is 2. The van der Waals surface area contributed by atoms with Gasteiger partial charge in [0, 0.05) is 6.42 Å². The van der Waals surface area contributed by atoms with Gasteiger partial charge >= 0.3 is 0 Å². The molecule has 0 bridgehead atoms. The Hall–Kier alpha value is -0.770. The Labute approximate surface area is 136 Å². The van der Waals surface area contributed by atoms with Crippen LogP contribution in [0.3, 0.4) is 0 Å². The van der Waals surface area contributed by atoms with Crippen molar-refractivity contribution in [3.05, 3.63) is 33.8 Å². The van der Waals surface area contributed by atoms with Gasteiger partial charge in [-0.05, 0) is 56.8 Å². The highest BCUT2D eigenvalue weighted by atomic mass is 35.5. The lowest BCUT2D eigenvalue weighted by atomic mass is 9.93. The maximum Gasteiger partial charge on any atom is 0.220 e. The van der Waals surface area contributed by atoms with Crippen molar-refractivity contribution in [2.75, 3.05) is 13.1 Å². The molecule has 5 heteroatoms. The molecule has 1 saturated heterocycles. The Balaban J connectivity index is 1.82. The monoisotopic (exact) mass is 328 g/mol. The number of rotatable bonds is 5. The summed E-state index contributed by atoms with van der Waals surface area (Å²) >= 11 is 12.2. The van der Waals surface area contributed by atoms with Gasteiger partial charge < -0.3 is 10.6 Å². The number of piperidine rings is 1. The highest BCUT2D eigenvalue weighted by Crippen LogP contribution is 2.29. The van der Waals surface area contributed by atoms with Gasteiger partial charge in [-0.25, -0.2) is 0 Å². The van der Waals surface area contributed by atoms with Crippen LogP contribution >= 0.6 is 23.2 Å². The third-order valence-electron chi connectivity index (χ3n) is 4.06. The molecule has 2 N–H and O–H groups in total. The second kappa shape index (κ2) is 8.02. The molecule has 3 nitrogen and oxygen atoms in total. The number of hydrogen-bond donors (Lipinski definition) is 2. The van der Waals surface area contributed by atoms with E-state index in [9.17, 15) is 4.79 Å². The molecule has 1 unspecified atom stereocenters. The second-order valence-corrected chi connectivity index (χ2v) is 6.45. The molecule has 2 rings (SSSR count). The molecule has 1 aliphatic heterocycles. The van der Waals surface area contributed by atoms with Crippen LogP contribution in [0.5, 0.6) is 0 Å². The van der Waals surface area contributed by atoms with Crippen LogP contribution in [0.4, 0.5) is 0 Å². The topological polar surface area (TPSA) is 41.1 Å². The van der Waals surface area contributed by atoms with E-state index in [1.807, 2.05) is 19.1 Å². The summed E-state index contributed by atoms with van der Waals surface area (Å²) in [5, 5.41) is 7.38. The molecule has 1 aromatic carbocycles. The van der Waals surface area contributed by atoms with Crippen molar-refractivity contribution in [1.29, 1.82) is 0 Å². The molecule has 1 aromatic rings. The molecule has 0 saturated carbocycles. The molecule has 1 atom stereocenters. The maximum atomic E-state index is 12.1. The van der Waals surface area contributed by atoms with Gasteiger partial charge in [0.05, 0.1) is 16.1 Å². The van der Waals surface area contributed by atoms with Crippen molar-refractivity contribution in [1.82, 2.24) is 10.6 Å². The highest BCUT2D eigenvalue weighted by Gasteiger charge is 2.17. The van der Waals surface area contributed by atoms with Crippen LogP contribution in [0.1, 0.15) is 44.2 Å². The average molecular weight is 329 g/mol. The first-order chi connectivity index (χ1) is 10.1. The zero-order valence-corrected chi connectivity index (χ0v) is 13.8. The zero-order valence-electron chi connectivity index (χ0n) is 12.3. The van der Waals surface area contributed by atoms with E-state index in [0.717, 1.165) is 25.1 Å². The first-order valence-electron chi connectivity index (χ1n) is 7.52. The third-order valence-corrected chi connectivity index (χ3v) is 4.90. The SMILES string of the molecule is CC(NC(=O)CCC1CCNCC1)c1cccc(Cl)c1Cl. The number of carbonyl (C=O) groups excluding carboxylic acids is 1. The Bertz CT molecular complexity index is 487. The fourth-order valence-corrected chi connectivity index (χ4v) is 3.22. The van der Waals surface area contributed by atoms with Crippen molar-refractivity contribution in [3.63, 3.8) is 0 Å². The third kappa shape index (κ3) is 4.87. The van der Waals surface area contributed by atoms with Crippen LogP contribution in [0.2, 0.25) is 10.0 Å². The Morgan fingerprint density at radius 3 is 2.81 bits per heavy atom. The predicted molar refractivity (Wildman–Crippen MR) is 87.8 cm³/mol. The summed E-state index contributed by atoms with van der Waals surface area (Å²) in [5.41, 5.74) is 0.861. The molecular formula is C16H22Cl2N2O. The van der Waals surface area contributed by atoms with Crippen molar-refractivity contribution in [2.24, 2.45) is 5.92 Å². The molecule has 0 aliphatic carbocycles. The molecule has 1 fully saturated rings.